The molecule has 2 aromatic carbocycles. The summed E-state index contributed by atoms with van der Waals surface area (Å²) in [6, 6.07) is 11.3. The molecule has 2 heterocycles. The number of halogens is 2. The SMILES string of the molecule is Cc1ccc(C2=C(N3CCN(CCO)CC3)C(=O)N(c3ccc(F)c(Cl)c3)C2=O)cc1. The number of aryl methyl sites for hydroxylation is 1. The summed E-state index contributed by atoms with van der Waals surface area (Å²) in [4.78, 5) is 32.0. The first-order valence-corrected chi connectivity index (χ1v) is 10.5. The Labute approximate surface area is 185 Å². The van der Waals surface area contributed by atoms with Gasteiger partial charge in [-0.2, -0.15) is 0 Å². The highest BCUT2D eigenvalue weighted by Crippen LogP contribution is 2.36. The Morgan fingerprint density at radius 3 is 2.29 bits per heavy atom. The van der Waals surface area contributed by atoms with Gasteiger partial charge < -0.3 is 10.0 Å². The van der Waals surface area contributed by atoms with E-state index in [4.69, 9.17) is 11.6 Å². The summed E-state index contributed by atoms with van der Waals surface area (Å²) in [6.07, 6.45) is 0. The summed E-state index contributed by atoms with van der Waals surface area (Å²) in [5, 5.41) is 9.03. The molecule has 8 heteroatoms. The molecule has 2 amide bonds. The molecule has 0 atom stereocenters. The predicted molar refractivity (Wildman–Crippen MR) is 117 cm³/mol. The molecule has 2 aliphatic heterocycles. The van der Waals surface area contributed by atoms with E-state index in [0.29, 0.717) is 49.6 Å². The molecular formula is C23H23ClFN3O3. The van der Waals surface area contributed by atoms with Gasteiger partial charge in [-0.15, -0.1) is 0 Å². The fraction of sp³-hybridized carbons (Fsp3) is 0.304. The predicted octanol–water partition coefficient (Wildman–Crippen LogP) is 2.68. The smallest absolute Gasteiger partial charge is 0.282 e. The molecule has 0 aromatic heterocycles. The molecule has 0 spiro atoms. The molecule has 0 aliphatic carbocycles. The van der Waals surface area contributed by atoms with Crippen LogP contribution < -0.4 is 4.90 Å². The Bertz CT molecular complexity index is 1050. The van der Waals surface area contributed by atoms with E-state index in [0.717, 1.165) is 16.5 Å². The van der Waals surface area contributed by atoms with Crippen LogP contribution in [0, 0.1) is 12.7 Å². The van der Waals surface area contributed by atoms with Gasteiger partial charge in [0.15, 0.2) is 0 Å². The maximum Gasteiger partial charge on any atom is 0.282 e. The molecule has 1 fully saturated rings. The third-order valence-electron chi connectivity index (χ3n) is 5.67. The Morgan fingerprint density at radius 2 is 1.68 bits per heavy atom. The monoisotopic (exact) mass is 443 g/mol. The Kier molecular flexibility index (Phi) is 6.09. The van der Waals surface area contributed by atoms with Gasteiger partial charge in [0.2, 0.25) is 0 Å². The quantitative estimate of drug-likeness (QED) is 0.720. The number of hydrogen-bond donors (Lipinski definition) is 1. The number of β-amino-alcohol motifs (C(OH)–C–C–N with tert-alkyl or cyclic N) is 1. The van der Waals surface area contributed by atoms with Crippen molar-refractivity contribution in [3.05, 3.63) is 70.1 Å². The van der Waals surface area contributed by atoms with E-state index < -0.39 is 17.6 Å². The maximum absolute atomic E-state index is 13.7. The van der Waals surface area contributed by atoms with Crippen molar-refractivity contribution < 1.29 is 19.1 Å². The number of imide groups is 1. The summed E-state index contributed by atoms with van der Waals surface area (Å²) >= 11 is 5.92. The number of piperazine rings is 1. The van der Waals surface area contributed by atoms with Crippen molar-refractivity contribution in [2.75, 3.05) is 44.2 Å². The van der Waals surface area contributed by atoms with Crippen LogP contribution in [-0.2, 0) is 9.59 Å². The van der Waals surface area contributed by atoms with Gasteiger partial charge in [-0.3, -0.25) is 14.5 Å². The molecule has 2 aliphatic rings. The van der Waals surface area contributed by atoms with E-state index in [1.54, 1.807) is 0 Å². The normalized spacial score (nSPS) is 17.8. The van der Waals surface area contributed by atoms with E-state index >= 15 is 0 Å². The molecule has 2 aromatic rings. The zero-order valence-corrected chi connectivity index (χ0v) is 17.9. The number of hydrogen-bond acceptors (Lipinski definition) is 5. The third kappa shape index (κ3) is 4.08. The van der Waals surface area contributed by atoms with Crippen molar-refractivity contribution >= 4 is 34.7 Å². The second-order valence-corrected chi connectivity index (χ2v) is 8.09. The summed E-state index contributed by atoms with van der Waals surface area (Å²) in [7, 11) is 0. The van der Waals surface area contributed by atoms with Crippen molar-refractivity contribution in [1.29, 1.82) is 0 Å². The van der Waals surface area contributed by atoms with Gasteiger partial charge in [-0.25, -0.2) is 9.29 Å². The van der Waals surface area contributed by atoms with Gasteiger partial charge in [-0.1, -0.05) is 41.4 Å². The molecule has 0 radical (unpaired) electrons. The highest BCUT2D eigenvalue weighted by Gasteiger charge is 2.43. The van der Waals surface area contributed by atoms with E-state index in [1.807, 2.05) is 36.1 Å². The van der Waals surface area contributed by atoms with Gasteiger partial charge >= 0.3 is 0 Å². The molecule has 0 bridgehead atoms. The average Bonchev–Trinajstić information content (AvgIpc) is 3.02. The number of carbonyl (C=O) groups excluding carboxylic acids is 2. The highest BCUT2D eigenvalue weighted by atomic mass is 35.5. The highest BCUT2D eigenvalue weighted by molar-refractivity contribution is 6.45. The first-order chi connectivity index (χ1) is 14.9. The van der Waals surface area contributed by atoms with E-state index in [2.05, 4.69) is 4.90 Å². The van der Waals surface area contributed by atoms with Crippen molar-refractivity contribution in [2.24, 2.45) is 0 Å². The Hall–Kier alpha value is -2.74. The van der Waals surface area contributed by atoms with E-state index in [-0.39, 0.29) is 17.3 Å². The molecule has 31 heavy (non-hydrogen) atoms. The van der Waals surface area contributed by atoms with Crippen molar-refractivity contribution in [3.63, 3.8) is 0 Å². The van der Waals surface area contributed by atoms with Crippen LogP contribution in [0.2, 0.25) is 5.02 Å². The molecule has 1 N–H and O–H groups in total. The summed E-state index contributed by atoms with van der Waals surface area (Å²) < 4.78 is 13.7. The lowest BCUT2D eigenvalue weighted by atomic mass is 10.0. The summed E-state index contributed by atoms with van der Waals surface area (Å²) in [5.41, 5.74) is 2.62. The fourth-order valence-corrected chi connectivity index (χ4v) is 4.16. The maximum atomic E-state index is 13.7. The largest absolute Gasteiger partial charge is 0.395 e. The van der Waals surface area contributed by atoms with E-state index in [9.17, 15) is 19.1 Å². The zero-order chi connectivity index (χ0) is 22.1. The van der Waals surface area contributed by atoms with Crippen LogP contribution in [0.1, 0.15) is 11.1 Å². The average molecular weight is 444 g/mol. The van der Waals surface area contributed by atoms with Crippen LogP contribution in [0.25, 0.3) is 5.57 Å². The molecular weight excluding hydrogens is 421 g/mol. The van der Waals surface area contributed by atoms with Gasteiger partial charge in [0, 0.05) is 32.7 Å². The number of amides is 2. The molecule has 0 unspecified atom stereocenters. The second-order valence-electron chi connectivity index (χ2n) is 7.69. The first kappa shape index (κ1) is 21.5. The number of rotatable bonds is 5. The van der Waals surface area contributed by atoms with Crippen LogP contribution in [-0.4, -0.2) is 66.1 Å². The zero-order valence-electron chi connectivity index (χ0n) is 17.1. The minimum Gasteiger partial charge on any atom is -0.395 e. The Morgan fingerprint density at radius 1 is 1.00 bits per heavy atom. The lowest BCUT2D eigenvalue weighted by Gasteiger charge is -2.36. The number of aliphatic hydroxyl groups is 1. The van der Waals surface area contributed by atoms with Crippen LogP contribution in [0.15, 0.2) is 48.2 Å². The van der Waals surface area contributed by atoms with Crippen molar-refractivity contribution in [2.45, 2.75) is 6.92 Å². The topological polar surface area (TPSA) is 64.1 Å². The third-order valence-corrected chi connectivity index (χ3v) is 5.96. The van der Waals surface area contributed by atoms with Gasteiger partial charge in [-0.05, 0) is 30.7 Å². The molecule has 1 saturated heterocycles. The fourth-order valence-electron chi connectivity index (χ4n) is 3.99. The number of aliphatic hydroxyl groups excluding tert-OH is 1. The lowest BCUT2D eigenvalue weighted by Crippen LogP contribution is -2.48. The van der Waals surface area contributed by atoms with Crippen LogP contribution >= 0.6 is 11.6 Å². The van der Waals surface area contributed by atoms with Crippen LogP contribution in [0.3, 0.4) is 0 Å². The van der Waals surface area contributed by atoms with Crippen LogP contribution in [0.5, 0.6) is 0 Å². The first-order valence-electron chi connectivity index (χ1n) is 10.1. The van der Waals surface area contributed by atoms with Crippen molar-refractivity contribution in [3.8, 4) is 0 Å². The number of carbonyl (C=O) groups is 2. The number of benzene rings is 2. The molecule has 6 nitrogen and oxygen atoms in total. The van der Waals surface area contributed by atoms with Gasteiger partial charge in [0.05, 0.1) is 22.9 Å². The van der Waals surface area contributed by atoms with Crippen molar-refractivity contribution in [1.82, 2.24) is 9.80 Å². The number of nitrogens with zero attached hydrogens (tertiary/aromatic N) is 3. The lowest BCUT2D eigenvalue weighted by molar-refractivity contribution is -0.120. The van der Waals surface area contributed by atoms with E-state index in [1.165, 1.54) is 12.1 Å². The van der Waals surface area contributed by atoms with Crippen LogP contribution in [0.4, 0.5) is 10.1 Å². The number of anilines is 1. The Balaban J connectivity index is 1.74. The second kappa shape index (κ2) is 8.78. The van der Waals surface area contributed by atoms with Gasteiger partial charge in [0.25, 0.3) is 11.8 Å². The summed E-state index contributed by atoms with van der Waals surface area (Å²) in [5.74, 6) is -1.51. The van der Waals surface area contributed by atoms with Gasteiger partial charge in [0.1, 0.15) is 11.5 Å². The minimum absolute atomic E-state index is 0.0772. The molecule has 0 saturated carbocycles. The summed E-state index contributed by atoms with van der Waals surface area (Å²) in [6.45, 7) is 5.07. The minimum atomic E-state index is -0.614. The molecule has 162 valence electrons. The molecule has 4 rings (SSSR count). The standard InChI is InChI=1S/C23H23ClFN3O3/c1-15-2-4-16(5-3-15)20-21(27-10-8-26(9-11-27)12-13-29)23(31)28(22(20)30)17-6-7-19(25)18(24)14-17/h2-7,14,29H,8-13H2,1H3.